The van der Waals surface area contributed by atoms with Crippen molar-refractivity contribution in [1.82, 2.24) is 4.90 Å². The van der Waals surface area contributed by atoms with Gasteiger partial charge in [0, 0.05) is 20.3 Å². The Morgan fingerprint density at radius 3 is 2.62 bits per heavy atom. The van der Waals surface area contributed by atoms with E-state index in [2.05, 4.69) is 0 Å². The van der Waals surface area contributed by atoms with E-state index in [1.807, 2.05) is 0 Å². The summed E-state index contributed by atoms with van der Waals surface area (Å²) in [6.45, 7) is 0.642. The number of hydrogen-bond acceptors (Lipinski definition) is 6. The Morgan fingerprint density at radius 1 is 1.29 bits per heavy atom. The SMILES string of the molecule is COCCCN1C(=O)S/C(=C/c2ccc(OCC(N)=O)cc2)C1=O. The lowest BCUT2D eigenvalue weighted by Crippen LogP contribution is -2.29. The second-order valence-corrected chi connectivity index (χ2v) is 6.00. The van der Waals surface area contributed by atoms with Gasteiger partial charge in [0.05, 0.1) is 4.91 Å². The lowest BCUT2D eigenvalue weighted by molar-refractivity contribution is -0.123. The topological polar surface area (TPSA) is 98.9 Å². The van der Waals surface area contributed by atoms with Crippen molar-refractivity contribution in [2.24, 2.45) is 5.73 Å². The largest absolute Gasteiger partial charge is 0.484 e. The molecule has 0 spiro atoms. The molecular formula is C16H18N2O5S. The zero-order chi connectivity index (χ0) is 17.5. The zero-order valence-electron chi connectivity index (χ0n) is 13.2. The van der Waals surface area contributed by atoms with Crippen molar-refractivity contribution in [3.63, 3.8) is 0 Å². The summed E-state index contributed by atoms with van der Waals surface area (Å²) in [4.78, 5) is 36.4. The first-order chi connectivity index (χ1) is 11.5. The molecule has 0 bridgehead atoms. The minimum absolute atomic E-state index is 0.195. The van der Waals surface area contributed by atoms with Gasteiger partial charge >= 0.3 is 0 Å². The van der Waals surface area contributed by atoms with Gasteiger partial charge in [-0.2, -0.15) is 0 Å². The van der Waals surface area contributed by atoms with E-state index in [1.54, 1.807) is 37.5 Å². The molecule has 1 aromatic carbocycles. The van der Waals surface area contributed by atoms with Crippen molar-refractivity contribution >= 4 is 34.9 Å². The molecule has 2 N–H and O–H groups in total. The maximum atomic E-state index is 12.3. The normalized spacial score (nSPS) is 16.0. The quantitative estimate of drug-likeness (QED) is 0.565. The second kappa shape index (κ2) is 8.51. The molecule has 1 heterocycles. The Balaban J connectivity index is 2.01. The molecule has 0 atom stereocenters. The van der Waals surface area contributed by atoms with Gasteiger partial charge in [0.25, 0.3) is 17.1 Å². The summed E-state index contributed by atoms with van der Waals surface area (Å²) in [6.07, 6.45) is 2.26. The molecule has 0 aliphatic carbocycles. The third kappa shape index (κ3) is 4.84. The van der Waals surface area contributed by atoms with Gasteiger partial charge in [-0.15, -0.1) is 0 Å². The number of hydrogen-bond donors (Lipinski definition) is 1. The summed E-state index contributed by atoms with van der Waals surface area (Å²) >= 11 is 0.918. The van der Waals surface area contributed by atoms with E-state index in [0.29, 0.717) is 30.2 Å². The number of nitrogens with two attached hydrogens (primary N) is 1. The van der Waals surface area contributed by atoms with E-state index >= 15 is 0 Å². The molecule has 0 unspecified atom stereocenters. The lowest BCUT2D eigenvalue weighted by atomic mass is 10.2. The van der Waals surface area contributed by atoms with Crippen molar-refractivity contribution in [3.8, 4) is 5.75 Å². The number of carbonyl (C=O) groups excluding carboxylic acids is 3. The fourth-order valence-corrected chi connectivity index (χ4v) is 2.89. The highest BCUT2D eigenvalue weighted by atomic mass is 32.2. The molecule has 128 valence electrons. The third-order valence-corrected chi connectivity index (χ3v) is 4.07. The van der Waals surface area contributed by atoms with E-state index < -0.39 is 5.91 Å². The van der Waals surface area contributed by atoms with Gasteiger partial charge in [0.1, 0.15) is 5.75 Å². The molecule has 1 fully saturated rings. The number of methoxy groups -OCH3 is 1. The van der Waals surface area contributed by atoms with E-state index in [9.17, 15) is 14.4 Å². The molecular weight excluding hydrogens is 332 g/mol. The molecule has 24 heavy (non-hydrogen) atoms. The lowest BCUT2D eigenvalue weighted by Gasteiger charge is -2.11. The molecule has 1 saturated heterocycles. The minimum Gasteiger partial charge on any atom is -0.484 e. The van der Waals surface area contributed by atoms with Crippen molar-refractivity contribution in [2.45, 2.75) is 6.42 Å². The van der Waals surface area contributed by atoms with Crippen molar-refractivity contribution < 1.29 is 23.9 Å². The summed E-state index contributed by atoms with van der Waals surface area (Å²) in [7, 11) is 1.57. The summed E-state index contributed by atoms with van der Waals surface area (Å²) < 4.78 is 10.1. The van der Waals surface area contributed by atoms with E-state index in [-0.39, 0.29) is 17.8 Å². The standard InChI is InChI=1S/C16H18N2O5S/c1-22-8-2-7-18-15(20)13(24-16(18)21)9-11-3-5-12(6-4-11)23-10-14(17)19/h3-6,9H,2,7-8,10H2,1H3,(H2,17,19)/b13-9+. The van der Waals surface area contributed by atoms with Crippen LogP contribution in [0.15, 0.2) is 29.2 Å². The molecule has 0 radical (unpaired) electrons. The van der Waals surface area contributed by atoms with Crippen LogP contribution in [0.3, 0.4) is 0 Å². The number of amides is 3. The molecule has 8 heteroatoms. The fraction of sp³-hybridized carbons (Fsp3) is 0.312. The average Bonchev–Trinajstić information content (AvgIpc) is 2.81. The highest BCUT2D eigenvalue weighted by molar-refractivity contribution is 8.18. The van der Waals surface area contributed by atoms with Crippen LogP contribution in [-0.4, -0.2) is 48.8 Å². The van der Waals surface area contributed by atoms with Crippen LogP contribution in [0, 0.1) is 0 Å². The van der Waals surface area contributed by atoms with Gasteiger partial charge in [0.2, 0.25) is 0 Å². The predicted molar refractivity (Wildman–Crippen MR) is 90.3 cm³/mol. The van der Waals surface area contributed by atoms with Crippen LogP contribution in [0.25, 0.3) is 6.08 Å². The van der Waals surface area contributed by atoms with Crippen LogP contribution in [-0.2, 0) is 14.3 Å². The Hall–Kier alpha value is -2.32. The van der Waals surface area contributed by atoms with Gasteiger partial charge in [-0.3, -0.25) is 19.3 Å². The Labute approximate surface area is 143 Å². The first-order valence-electron chi connectivity index (χ1n) is 7.26. The van der Waals surface area contributed by atoms with E-state index in [0.717, 1.165) is 17.3 Å². The number of rotatable bonds is 8. The number of carbonyl (C=O) groups is 3. The van der Waals surface area contributed by atoms with E-state index in [1.165, 1.54) is 4.90 Å². The predicted octanol–water partition coefficient (Wildman–Crippen LogP) is 1.62. The maximum Gasteiger partial charge on any atom is 0.293 e. The first kappa shape index (κ1) is 18.0. The fourth-order valence-electron chi connectivity index (χ4n) is 2.03. The minimum atomic E-state index is -0.554. The first-order valence-corrected chi connectivity index (χ1v) is 8.08. The Morgan fingerprint density at radius 2 is 2.00 bits per heavy atom. The van der Waals surface area contributed by atoms with Crippen LogP contribution >= 0.6 is 11.8 Å². The summed E-state index contributed by atoms with van der Waals surface area (Å²) in [5, 5.41) is -0.274. The van der Waals surface area contributed by atoms with Crippen molar-refractivity contribution in [1.29, 1.82) is 0 Å². The van der Waals surface area contributed by atoms with Gasteiger partial charge in [-0.25, -0.2) is 0 Å². The van der Waals surface area contributed by atoms with Crippen LogP contribution in [0.2, 0.25) is 0 Å². The molecule has 1 aliphatic heterocycles. The highest BCUT2D eigenvalue weighted by Crippen LogP contribution is 2.32. The third-order valence-electron chi connectivity index (χ3n) is 3.16. The number of thioether (sulfide) groups is 1. The van der Waals surface area contributed by atoms with E-state index in [4.69, 9.17) is 15.2 Å². The van der Waals surface area contributed by atoms with Gasteiger partial charge in [0.15, 0.2) is 6.61 Å². The smallest absolute Gasteiger partial charge is 0.293 e. The highest BCUT2D eigenvalue weighted by Gasteiger charge is 2.34. The monoisotopic (exact) mass is 350 g/mol. The van der Waals surface area contributed by atoms with Gasteiger partial charge < -0.3 is 15.2 Å². The van der Waals surface area contributed by atoms with Gasteiger partial charge in [-0.05, 0) is 42.0 Å². The Bertz CT molecular complexity index is 657. The van der Waals surface area contributed by atoms with Crippen LogP contribution in [0.1, 0.15) is 12.0 Å². The van der Waals surface area contributed by atoms with Crippen LogP contribution < -0.4 is 10.5 Å². The molecule has 7 nitrogen and oxygen atoms in total. The van der Waals surface area contributed by atoms with Crippen LogP contribution in [0.4, 0.5) is 4.79 Å². The number of primary amides is 1. The zero-order valence-corrected chi connectivity index (χ0v) is 14.0. The molecule has 0 aromatic heterocycles. The number of nitrogens with zero attached hydrogens (tertiary/aromatic N) is 1. The molecule has 3 amide bonds. The number of imide groups is 1. The number of benzene rings is 1. The maximum absolute atomic E-state index is 12.3. The van der Waals surface area contributed by atoms with Crippen molar-refractivity contribution in [2.75, 3.05) is 26.9 Å². The van der Waals surface area contributed by atoms with Gasteiger partial charge in [-0.1, -0.05) is 12.1 Å². The Kier molecular flexibility index (Phi) is 6.39. The summed E-state index contributed by atoms with van der Waals surface area (Å²) in [5.41, 5.74) is 5.76. The second-order valence-electron chi connectivity index (χ2n) is 5.00. The molecule has 2 rings (SSSR count). The molecule has 1 aromatic rings. The molecule has 0 saturated carbocycles. The summed E-state index contributed by atoms with van der Waals surface area (Å²) in [6, 6.07) is 6.79. The molecule has 1 aliphatic rings. The van der Waals surface area contributed by atoms with Crippen LogP contribution in [0.5, 0.6) is 5.75 Å². The average molecular weight is 350 g/mol. The summed E-state index contributed by atoms with van der Waals surface area (Å²) in [5.74, 6) is -0.352. The number of ether oxygens (including phenoxy) is 2. The van der Waals surface area contributed by atoms with Crippen molar-refractivity contribution in [3.05, 3.63) is 34.7 Å².